The van der Waals surface area contributed by atoms with Crippen molar-refractivity contribution in [2.75, 3.05) is 13.6 Å². The van der Waals surface area contributed by atoms with Crippen molar-refractivity contribution >= 4 is 17.6 Å². The third kappa shape index (κ3) is 4.00. The Bertz CT molecular complexity index is 636. The van der Waals surface area contributed by atoms with Gasteiger partial charge >= 0.3 is 0 Å². The Kier molecular flexibility index (Phi) is 5.20. The lowest BCUT2D eigenvalue weighted by Crippen LogP contribution is -2.28. The number of allylic oxidation sites excluding steroid dienone is 2. The first-order valence-electron chi connectivity index (χ1n) is 7.57. The molecule has 5 N–H and O–H groups in total. The number of nitrogens with zero attached hydrogens (tertiary/aromatic N) is 1. The van der Waals surface area contributed by atoms with Crippen molar-refractivity contribution in [3.63, 3.8) is 0 Å². The number of hydrogen-bond donors (Lipinski definition) is 4. The number of likely N-dealkylation sites (N-methyl/N-ethyl adjacent to an activating group) is 1. The summed E-state index contributed by atoms with van der Waals surface area (Å²) in [6.07, 6.45) is 5.14. The minimum Gasteiger partial charge on any atom is -0.507 e. The van der Waals surface area contributed by atoms with Crippen molar-refractivity contribution in [2.45, 2.75) is 26.2 Å². The predicted octanol–water partition coefficient (Wildman–Crippen LogP) is 0.662. The molecule has 124 valence electrons. The van der Waals surface area contributed by atoms with Crippen LogP contribution in [-0.2, 0) is 9.59 Å². The van der Waals surface area contributed by atoms with Crippen LogP contribution >= 0.6 is 0 Å². The molecule has 0 aromatic heterocycles. The fourth-order valence-electron chi connectivity index (χ4n) is 2.67. The van der Waals surface area contributed by atoms with Gasteiger partial charge in [0.2, 0.25) is 0 Å². The fourth-order valence-corrected chi connectivity index (χ4v) is 2.67. The summed E-state index contributed by atoms with van der Waals surface area (Å²) < 4.78 is 0. The standard InChI is InChI=1S/C16H22N4O3/c1-9-6-13(21)12(15(22)18-2)8-11(9)16(23)20-14(17)7-10-4-3-5-19-10/h6-7,11,19,21H,3-5,8H2,1-2H3,(H,18,22)(H2,17,20,23)/b10-7-. The molecule has 0 bridgehead atoms. The number of nitrogens with two attached hydrogens (primary N) is 1. The van der Waals surface area contributed by atoms with E-state index in [9.17, 15) is 14.7 Å². The SMILES string of the molecule is CNC(=O)C1=C(O)C=C(C)C(C(=O)N=C(N)/C=C2/CCCN2)C1. The zero-order chi connectivity index (χ0) is 17.0. The zero-order valence-corrected chi connectivity index (χ0v) is 13.3. The first-order valence-corrected chi connectivity index (χ1v) is 7.57. The lowest BCUT2D eigenvalue weighted by Gasteiger charge is -2.21. The predicted molar refractivity (Wildman–Crippen MR) is 87.5 cm³/mol. The van der Waals surface area contributed by atoms with Gasteiger partial charge in [-0.1, -0.05) is 5.57 Å². The van der Waals surface area contributed by atoms with Gasteiger partial charge in [-0.2, -0.15) is 4.99 Å². The molecule has 1 heterocycles. The minimum absolute atomic E-state index is 0.109. The maximum Gasteiger partial charge on any atom is 0.255 e. The summed E-state index contributed by atoms with van der Waals surface area (Å²) in [5.41, 5.74) is 7.62. The van der Waals surface area contributed by atoms with Crippen LogP contribution in [0.3, 0.4) is 0 Å². The third-order valence-electron chi connectivity index (χ3n) is 3.97. The second-order valence-electron chi connectivity index (χ2n) is 5.66. The first-order chi connectivity index (χ1) is 10.9. The van der Waals surface area contributed by atoms with Crippen LogP contribution in [-0.4, -0.2) is 36.3 Å². The molecule has 0 spiro atoms. The van der Waals surface area contributed by atoms with E-state index in [-0.39, 0.29) is 23.6 Å². The summed E-state index contributed by atoms with van der Waals surface area (Å²) >= 11 is 0. The van der Waals surface area contributed by atoms with E-state index in [1.54, 1.807) is 13.0 Å². The van der Waals surface area contributed by atoms with Crippen LogP contribution in [0.1, 0.15) is 26.2 Å². The van der Waals surface area contributed by atoms with Crippen LogP contribution in [0.4, 0.5) is 0 Å². The normalized spacial score (nSPS) is 23.6. The molecular weight excluding hydrogens is 296 g/mol. The van der Waals surface area contributed by atoms with Gasteiger partial charge < -0.3 is 21.5 Å². The van der Waals surface area contributed by atoms with Crippen molar-refractivity contribution in [1.29, 1.82) is 0 Å². The average Bonchev–Trinajstić information content (AvgIpc) is 2.99. The number of hydrogen-bond acceptors (Lipinski definition) is 4. The van der Waals surface area contributed by atoms with Gasteiger partial charge in [0.05, 0.1) is 11.5 Å². The molecule has 1 saturated heterocycles. The molecule has 1 unspecified atom stereocenters. The van der Waals surface area contributed by atoms with Gasteiger partial charge in [-0.25, -0.2) is 0 Å². The topological polar surface area (TPSA) is 117 Å². The Morgan fingerprint density at radius 1 is 1.52 bits per heavy atom. The van der Waals surface area contributed by atoms with Crippen LogP contribution in [0.25, 0.3) is 0 Å². The monoisotopic (exact) mass is 318 g/mol. The van der Waals surface area contributed by atoms with Gasteiger partial charge in [0.1, 0.15) is 11.6 Å². The van der Waals surface area contributed by atoms with Crippen LogP contribution in [0.5, 0.6) is 0 Å². The lowest BCUT2D eigenvalue weighted by atomic mass is 9.86. The summed E-state index contributed by atoms with van der Waals surface area (Å²) in [5, 5.41) is 15.5. The van der Waals surface area contributed by atoms with E-state index in [4.69, 9.17) is 5.73 Å². The van der Waals surface area contributed by atoms with Gasteiger partial charge in [-0.3, -0.25) is 9.59 Å². The Hall–Kier alpha value is -2.57. The van der Waals surface area contributed by atoms with Crippen LogP contribution in [0, 0.1) is 5.92 Å². The van der Waals surface area contributed by atoms with E-state index in [0.29, 0.717) is 5.57 Å². The quantitative estimate of drug-likeness (QED) is 0.450. The summed E-state index contributed by atoms with van der Waals surface area (Å²) in [6, 6.07) is 0. The van der Waals surface area contributed by atoms with Crippen LogP contribution < -0.4 is 16.4 Å². The second kappa shape index (κ2) is 7.13. The van der Waals surface area contributed by atoms with Crippen molar-refractivity contribution in [3.05, 3.63) is 34.8 Å². The molecule has 2 rings (SSSR count). The number of carbonyl (C=O) groups excluding carboxylic acids is 2. The molecule has 0 radical (unpaired) electrons. The Morgan fingerprint density at radius 3 is 2.87 bits per heavy atom. The molecule has 1 fully saturated rings. The van der Waals surface area contributed by atoms with Gasteiger partial charge in [0.25, 0.3) is 11.8 Å². The molecule has 2 amide bonds. The molecule has 23 heavy (non-hydrogen) atoms. The first kappa shape index (κ1) is 16.8. The number of aliphatic hydroxyl groups excluding tert-OH is 1. The molecule has 1 aliphatic carbocycles. The van der Waals surface area contributed by atoms with Crippen molar-refractivity contribution < 1.29 is 14.7 Å². The Labute approximate surface area is 135 Å². The van der Waals surface area contributed by atoms with Gasteiger partial charge in [0, 0.05) is 19.3 Å². The molecule has 0 aromatic carbocycles. The number of amidine groups is 1. The van der Waals surface area contributed by atoms with Crippen LogP contribution in [0.2, 0.25) is 0 Å². The molecule has 1 aliphatic heterocycles. The van der Waals surface area contributed by atoms with E-state index in [0.717, 1.165) is 25.1 Å². The van der Waals surface area contributed by atoms with E-state index in [1.807, 2.05) is 0 Å². The molecule has 7 nitrogen and oxygen atoms in total. The van der Waals surface area contributed by atoms with Crippen molar-refractivity contribution in [2.24, 2.45) is 16.6 Å². The number of nitrogens with one attached hydrogen (secondary N) is 2. The average molecular weight is 318 g/mol. The third-order valence-corrected chi connectivity index (χ3v) is 3.97. The number of aliphatic imine (C=N–C) groups is 1. The van der Waals surface area contributed by atoms with Crippen molar-refractivity contribution in [1.82, 2.24) is 10.6 Å². The lowest BCUT2D eigenvalue weighted by molar-refractivity contribution is -0.120. The Balaban J connectivity index is 2.15. The molecule has 2 aliphatic rings. The molecule has 7 heteroatoms. The smallest absolute Gasteiger partial charge is 0.255 e. The number of amides is 2. The summed E-state index contributed by atoms with van der Waals surface area (Å²) in [4.78, 5) is 28.0. The van der Waals surface area contributed by atoms with Gasteiger partial charge in [-0.05, 0) is 38.3 Å². The molecule has 0 saturated carbocycles. The fraction of sp³-hybridized carbons (Fsp3) is 0.438. The highest BCUT2D eigenvalue weighted by molar-refractivity contribution is 6.02. The minimum atomic E-state index is -0.591. The second-order valence-corrected chi connectivity index (χ2v) is 5.66. The maximum atomic E-state index is 12.4. The van der Waals surface area contributed by atoms with Gasteiger partial charge in [-0.15, -0.1) is 0 Å². The highest BCUT2D eigenvalue weighted by atomic mass is 16.3. The number of carbonyl (C=O) groups is 2. The molecular formula is C16H22N4O3. The van der Waals surface area contributed by atoms with Crippen molar-refractivity contribution in [3.8, 4) is 0 Å². The Morgan fingerprint density at radius 2 is 2.26 bits per heavy atom. The largest absolute Gasteiger partial charge is 0.507 e. The number of aliphatic hydroxyl groups is 1. The van der Waals surface area contributed by atoms with E-state index in [1.165, 1.54) is 13.1 Å². The summed E-state index contributed by atoms with van der Waals surface area (Å²) in [7, 11) is 1.47. The number of rotatable bonds is 3. The highest BCUT2D eigenvalue weighted by Gasteiger charge is 2.29. The molecule has 1 atom stereocenters. The summed E-state index contributed by atoms with van der Waals surface area (Å²) in [5.74, 6) is -1.38. The highest BCUT2D eigenvalue weighted by Crippen LogP contribution is 2.29. The van der Waals surface area contributed by atoms with E-state index in [2.05, 4.69) is 15.6 Å². The molecule has 0 aromatic rings. The van der Waals surface area contributed by atoms with E-state index < -0.39 is 17.7 Å². The maximum absolute atomic E-state index is 12.4. The zero-order valence-electron chi connectivity index (χ0n) is 13.3. The van der Waals surface area contributed by atoms with Gasteiger partial charge in [0.15, 0.2) is 0 Å². The van der Waals surface area contributed by atoms with E-state index >= 15 is 0 Å². The van der Waals surface area contributed by atoms with Crippen LogP contribution in [0.15, 0.2) is 39.7 Å². The summed E-state index contributed by atoms with van der Waals surface area (Å²) in [6.45, 7) is 2.62.